The Hall–Kier alpha value is -2.15. The third-order valence-electron chi connectivity index (χ3n) is 4.52. The maximum atomic E-state index is 12.7. The van der Waals surface area contributed by atoms with Crippen LogP contribution in [-0.2, 0) is 17.9 Å². The van der Waals surface area contributed by atoms with Crippen molar-refractivity contribution in [2.45, 2.75) is 47.2 Å². The molecule has 138 valence electrons. The summed E-state index contributed by atoms with van der Waals surface area (Å²) < 4.78 is 4.94. The van der Waals surface area contributed by atoms with E-state index in [0.29, 0.717) is 12.5 Å². The van der Waals surface area contributed by atoms with Gasteiger partial charge >= 0.3 is 0 Å². The molecule has 0 aliphatic heterocycles. The van der Waals surface area contributed by atoms with Crippen molar-refractivity contribution in [3.05, 3.63) is 40.1 Å². The summed E-state index contributed by atoms with van der Waals surface area (Å²) in [6.07, 6.45) is 0.971. The molecule has 26 heavy (non-hydrogen) atoms. The normalized spacial score (nSPS) is 12.5. The highest BCUT2D eigenvalue weighted by atomic mass is 79.9. The molecule has 1 amide bonds. The number of carbonyl (C=O) groups is 1. The number of aromatic nitrogens is 4. The number of aryl methyl sites for hydroxylation is 2. The van der Waals surface area contributed by atoms with Crippen LogP contribution < -0.4 is 5.32 Å². The van der Waals surface area contributed by atoms with Crippen LogP contribution in [0.15, 0.2) is 28.7 Å². The molecule has 6 nitrogen and oxygen atoms in total. The summed E-state index contributed by atoms with van der Waals surface area (Å²) in [7, 11) is 0. The van der Waals surface area contributed by atoms with Crippen LogP contribution in [0.25, 0.3) is 11.0 Å². The van der Waals surface area contributed by atoms with Crippen LogP contribution in [-0.4, -0.2) is 25.2 Å². The first-order chi connectivity index (χ1) is 12.4. The van der Waals surface area contributed by atoms with E-state index in [1.54, 1.807) is 0 Å². The number of nitrogens with zero attached hydrogens (tertiary/aromatic N) is 4. The van der Waals surface area contributed by atoms with E-state index in [1.807, 2.05) is 49.7 Å². The van der Waals surface area contributed by atoms with Crippen molar-refractivity contribution in [3.63, 3.8) is 0 Å². The van der Waals surface area contributed by atoms with Gasteiger partial charge in [-0.25, -0.2) is 4.98 Å². The minimum atomic E-state index is -0.227. The maximum absolute atomic E-state index is 12.7. The molecule has 0 aliphatic rings. The molecule has 0 spiro atoms. The Morgan fingerprint density at radius 3 is 2.69 bits per heavy atom. The zero-order valence-electron chi connectivity index (χ0n) is 15.6. The fourth-order valence-electron chi connectivity index (χ4n) is 3.05. The lowest BCUT2D eigenvalue weighted by Crippen LogP contribution is -2.26. The van der Waals surface area contributed by atoms with Gasteiger partial charge in [0, 0.05) is 12.2 Å². The smallest absolute Gasteiger partial charge is 0.231 e. The Bertz CT molecular complexity index is 943. The Kier molecular flexibility index (Phi) is 5.46. The molecule has 1 N–H and O–H groups in total. The molecule has 0 aliphatic carbocycles. The summed E-state index contributed by atoms with van der Waals surface area (Å²) >= 11 is 3.53. The van der Waals surface area contributed by atoms with Crippen LogP contribution in [0.5, 0.6) is 0 Å². The second-order valence-corrected chi connectivity index (χ2v) is 7.43. The van der Waals surface area contributed by atoms with E-state index in [-0.39, 0.29) is 11.8 Å². The summed E-state index contributed by atoms with van der Waals surface area (Å²) in [5, 5.41) is 7.50. The van der Waals surface area contributed by atoms with Crippen molar-refractivity contribution >= 4 is 38.8 Å². The van der Waals surface area contributed by atoms with Crippen LogP contribution in [0.3, 0.4) is 0 Å². The number of benzene rings is 1. The Morgan fingerprint density at radius 2 is 2.04 bits per heavy atom. The molecule has 7 heteroatoms. The number of hydrogen-bond acceptors (Lipinski definition) is 3. The number of anilines is 1. The van der Waals surface area contributed by atoms with E-state index < -0.39 is 0 Å². The fraction of sp³-hybridized carbons (Fsp3) is 0.421. The van der Waals surface area contributed by atoms with Crippen molar-refractivity contribution in [2.24, 2.45) is 5.92 Å². The van der Waals surface area contributed by atoms with E-state index in [9.17, 15) is 4.79 Å². The highest BCUT2D eigenvalue weighted by molar-refractivity contribution is 9.10. The molecule has 2 aromatic heterocycles. The molecule has 1 atom stereocenters. The van der Waals surface area contributed by atoms with Gasteiger partial charge in [-0.3, -0.25) is 14.8 Å². The van der Waals surface area contributed by atoms with Gasteiger partial charge in [0.2, 0.25) is 11.9 Å². The number of amides is 1. The Morgan fingerprint density at radius 1 is 1.31 bits per heavy atom. The molecule has 3 aromatic rings. The monoisotopic (exact) mass is 417 g/mol. The number of halogens is 1. The lowest BCUT2D eigenvalue weighted by Gasteiger charge is -2.14. The first kappa shape index (κ1) is 18.6. The zero-order chi connectivity index (χ0) is 18.8. The third kappa shape index (κ3) is 3.53. The van der Waals surface area contributed by atoms with Crippen LogP contribution in [0.2, 0.25) is 0 Å². The maximum Gasteiger partial charge on any atom is 0.231 e. The van der Waals surface area contributed by atoms with E-state index in [0.717, 1.165) is 39.9 Å². The van der Waals surface area contributed by atoms with Gasteiger partial charge in [-0.05, 0) is 48.3 Å². The molecule has 0 radical (unpaired) electrons. The molecule has 1 unspecified atom stereocenters. The summed E-state index contributed by atoms with van der Waals surface area (Å²) in [4.78, 5) is 17.3. The van der Waals surface area contributed by atoms with E-state index >= 15 is 0 Å². The quantitative estimate of drug-likeness (QED) is 0.649. The topological polar surface area (TPSA) is 64.7 Å². The average Bonchev–Trinajstić information content (AvgIpc) is 3.08. The molecule has 2 heterocycles. The molecule has 1 aromatic carbocycles. The standard InChI is InChI=1S/C19H24BrN5O/c1-5-10-24-16-9-7-6-8-15(16)21-19(24)22-18(26)12(2)11-25-14(4)17(20)13(3)23-25/h6-9,12H,5,10-11H2,1-4H3,(H,21,22,26). The lowest BCUT2D eigenvalue weighted by molar-refractivity contribution is -0.119. The van der Waals surface area contributed by atoms with Crippen molar-refractivity contribution in [1.29, 1.82) is 0 Å². The number of hydrogen-bond donors (Lipinski definition) is 1. The van der Waals surface area contributed by atoms with Crippen molar-refractivity contribution in [1.82, 2.24) is 19.3 Å². The number of nitrogens with one attached hydrogen (secondary N) is 1. The summed E-state index contributed by atoms with van der Waals surface area (Å²) in [5.41, 5.74) is 3.89. The first-order valence-corrected chi connectivity index (χ1v) is 9.67. The molecule has 0 saturated heterocycles. The highest BCUT2D eigenvalue weighted by Crippen LogP contribution is 2.22. The number of carbonyl (C=O) groups excluding carboxylic acids is 1. The molecule has 3 rings (SSSR count). The van der Waals surface area contributed by atoms with Crippen LogP contribution >= 0.6 is 15.9 Å². The lowest BCUT2D eigenvalue weighted by atomic mass is 10.1. The van der Waals surface area contributed by atoms with Crippen molar-refractivity contribution < 1.29 is 4.79 Å². The third-order valence-corrected chi connectivity index (χ3v) is 5.67. The minimum absolute atomic E-state index is 0.0543. The summed E-state index contributed by atoms with van der Waals surface area (Å²) in [6.45, 7) is 9.31. The molecule has 0 saturated carbocycles. The van der Waals surface area contributed by atoms with Crippen LogP contribution in [0.1, 0.15) is 31.7 Å². The van der Waals surface area contributed by atoms with Crippen molar-refractivity contribution in [2.75, 3.05) is 5.32 Å². The number of imidazole rings is 1. The summed E-state index contributed by atoms with van der Waals surface area (Å²) in [5.74, 6) is 0.329. The van der Waals surface area contributed by atoms with Gasteiger partial charge < -0.3 is 4.57 Å². The molecule has 0 bridgehead atoms. The molecular weight excluding hydrogens is 394 g/mol. The second kappa shape index (κ2) is 7.61. The predicted molar refractivity (Wildman–Crippen MR) is 107 cm³/mol. The summed E-state index contributed by atoms with van der Waals surface area (Å²) in [6, 6.07) is 7.95. The number of fused-ring (bicyclic) bond motifs is 1. The largest absolute Gasteiger partial charge is 0.310 e. The number of para-hydroxylation sites is 2. The average molecular weight is 418 g/mol. The van der Waals surface area contributed by atoms with Gasteiger partial charge in [-0.2, -0.15) is 5.10 Å². The predicted octanol–water partition coefficient (Wildman–Crippen LogP) is 4.30. The van der Waals surface area contributed by atoms with E-state index in [4.69, 9.17) is 0 Å². The zero-order valence-corrected chi connectivity index (χ0v) is 17.2. The second-order valence-electron chi connectivity index (χ2n) is 6.63. The van der Waals surface area contributed by atoms with E-state index in [1.165, 1.54) is 0 Å². The van der Waals surface area contributed by atoms with Crippen LogP contribution in [0, 0.1) is 19.8 Å². The van der Waals surface area contributed by atoms with Crippen molar-refractivity contribution in [3.8, 4) is 0 Å². The van der Waals surface area contributed by atoms with E-state index in [2.05, 4.69) is 42.8 Å². The van der Waals surface area contributed by atoms with Gasteiger partial charge in [0.25, 0.3) is 0 Å². The van der Waals surface area contributed by atoms with Gasteiger partial charge in [-0.1, -0.05) is 26.0 Å². The SMILES string of the molecule is CCCn1c(NC(=O)C(C)Cn2nc(C)c(Br)c2C)nc2ccccc21. The molecule has 0 fully saturated rings. The minimum Gasteiger partial charge on any atom is -0.310 e. The van der Waals surface area contributed by atoms with Gasteiger partial charge in [0.05, 0.1) is 33.7 Å². The fourth-order valence-corrected chi connectivity index (χ4v) is 3.33. The van der Waals surface area contributed by atoms with Gasteiger partial charge in [0.15, 0.2) is 0 Å². The molecular formula is C19H24BrN5O. The Labute approximate surface area is 161 Å². The van der Waals surface area contributed by atoms with Gasteiger partial charge in [0.1, 0.15) is 0 Å². The van der Waals surface area contributed by atoms with Gasteiger partial charge in [-0.15, -0.1) is 0 Å². The van der Waals surface area contributed by atoms with Crippen LogP contribution in [0.4, 0.5) is 5.95 Å². The first-order valence-electron chi connectivity index (χ1n) is 8.88. The Balaban J connectivity index is 1.79. The number of rotatable bonds is 6. The highest BCUT2D eigenvalue weighted by Gasteiger charge is 2.20.